The first-order valence-corrected chi connectivity index (χ1v) is 11.3. The van der Waals surface area contributed by atoms with Crippen LogP contribution in [0.3, 0.4) is 0 Å². The second-order valence-corrected chi connectivity index (χ2v) is 8.77. The Morgan fingerprint density at radius 2 is 1.78 bits per heavy atom. The fourth-order valence-electron chi connectivity index (χ4n) is 4.02. The number of aromatic nitrogens is 1. The van der Waals surface area contributed by atoms with Gasteiger partial charge in [-0.25, -0.2) is 4.98 Å². The lowest BCUT2D eigenvalue weighted by atomic mass is 9.72. The third-order valence-corrected chi connectivity index (χ3v) is 6.33. The Balaban J connectivity index is 1.50. The number of halogens is 1. The molecule has 0 saturated carbocycles. The second kappa shape index (κ2) is 9.53. The van der Waals surface area contributed by atoms with Crippen LogP contribution in [-0.4, -0.2) is 34.8 Å². The molecule has 6 nitrogen and oxygen atoms in total. The smallest absolute Gasteiger partial charge is 0.235 e. The Labute approximate surface area is 195 Å². The summed E-state index contributed by atoms with van der Waals surface area (Å²) in [7, 11) is 0. The van der Waals surface area contributed by atoms with Crippen LogP contribution in [-0.2, 0) is 15.0 Å². The minimum Gasteiger partial charge on any atom is -0.439 e. The van der Waals surface area contributed by atoms with E-state index in [1.807, 2.05) is 54.6 Å². The van der Waals surface area contributed by atoms with Crippen LogP contribution in [0, 0.1) is 0 Å². The largest absolute Gasteiger partial charge is 0.439 e. The van der Waals surface area contributed by atoms with Crippen molar-refractivity contribution in [2.24, 2.45) is 0 Å². The Hall–Kier alpha value is -3.19. The lowest BCUT2D eigenvalue weighted by Gasteiger charge is -2.40. The average molecular weight is 494 g/mol. The molecule has 0 atom stereocenters. The minimum atomic E-state index is -0.696. The third-order valence-electron chi connectivity index (χ3n) is 5.84. The lowest BCUT2D eigenvalue weighted by Crippen LogP contribution is -2.50. The van der Waals surface area contributed by atoms with Gasteiger partial charge >= 0.3 is 0 Å². The summed E-state index contributed by atoms with van der Waals surface area (Å²) < 4.78 is 6.69. The number of hydrogen-bond donors (Lipinski definition) is 1. The normalized spacial score (nSPS) is 15.1. The molecule has 4 rings (SSSR count). The molecule has 0 unspecified atom stereocenters. The molecular weight excluding hydrogens is 470 g/mol. The molecule has 0 spiro atoms. The van der Waals surface area contributed by atoms with Crippen molar-refractivity contribution in [2.45, 2.75) is 25.2 Å². The standard InChI is InChI=1S/C25H24BrN3O3/c1-18(30)29-14-12-25(13-15-29,19-6-3-2-4-7-19)24(31)28-21-10-11-23(27-17-21)32-22-9-5-8-20(26)16-22/h2-11,16-17H,12-15H2,1H3,(H,28,31). The maximum absolute atomic E-state index is 13.5. The number of carbonyl (C=O) groups is 2. The van der Waals surface area contributed by atoms with Gasteiger partial charge in [0.25, 0.3) is 0 Å². The van der Waals surface area contributed by atoms with Crippen molar-refractivity contribution in [1.29, 1.82) is 0 Å². The topological polar surface area (TPSA) is 71.5 Å². The summed E-state index contributed by atoms with van der Waals surface area (Å²) in [6, 6.07) is 20.8. The number of benzene rings is 2. The predicted octanol–water partition coefficient (Wildman–Crippen LogP) is 5.16. The fourth-order valence-corrected chi connectivity index (χ4v) is 4.40. The zero-order valence-corrected chi connectivity index (χ0v) is 19.3. The van der Waals surface area contributed by atoms with Crippen molar-refractivity contribution in [1.82, 2.24) is 9.88 Å². The molecule has 164 valence electrons. The molecule has 1 fully saturated rings. The van der Waals surface area contributed by atoms with Gasteiger partial charge in [0.1, 0.15) is 5.75 Å². The molecule has 1 aromatic heterocycles. The number of pyridine rings is 1. The molecule has 0 aliphatic carbocycles. The molecular formula is C25H24BrN3O3. The van der Waals surface area contributed by atoms with E-state index in [4.69, 9.17) is 4.74 Å². The quantitative estimate of drug-likeness (QED) is 0.532. The van der Waals surface area contributed by atoms with Gasteiger partial charge in [-0.3, -0.25) is 9.59 Å². The van der Waals surface area contributed by atoms with E-state index in [-0.39, 0.29) is 11.8 Å². The number of anilines is 1. The van der Waals surface area contributed by atoms with E-state index < -0.39 is 5.41 Å². The SMILES string of the molecule is CC(=O)N1CCC(C(=O)Nc2ccc(Oc3cccc(Br)c3)nc2)(c2ccccc2)CC1. The highest BCUT2D eigenvalue weighted by Crippen LogP contribution is 2.37. The molecule has 7 heteroatoms. The summed E-state index contributed by atoms with van der Waals surface area (Å²) in [6.45, 7) is 2.67. The molecule has 0 radical (unpaired) electrons. The van der Waals surface area contributed by atoms with Crippen LogP contribution < -0.4 is 10.1 Å². The van der Waals surface area contributed by atoms with Gasteiger partial charge in [-0.15, -0.1) is 0 Å². The number of hydrogen-bond acceptors (Lipinski definition) is 4. The molecule has 2 aromatic carbocycles. The number of nitrogens with one attached hydrogen (secondary N) is 1. The lowest BCUT2D eigenvalue weighted by molar-refractivity contribution is -0.133. The van der Waals surface area contributed by atoms with Crippen molar-refractivity contribution in [3.63, 3.8) is 0 Å². The maximum atomic E-state index is 13.5. The van der Waals surface area contributed by atoms with Crippen molar-refractivity contribution in [2.75, 3.05) is 18.4 Å². The van der Waals surface area contributed by atoms with Gasteiger partial charge in [0.05, 0.1) is 17.3 Å². The van der Waals surface area contributed by atoms with Gasteiger partial charge in [-0.1, -0.05) is 52.3 Å². The highest BCUT2D eigenvalue weighted by atomic mass is 79.9. The molecule has 32 heavy (non-hydrogen) atoms. The monoisotopic (exact) mass is 493 g/mol. The Bertz CT molecular complexity index is 1090. The van der Waals surface area contributed by atoms with Crippen LogP contribution in [0.1, 0.15) is 25.3 Å². The van der Waals surface area contributed by atoms with Crippen molar-refractivity contribution >= 4 is 33.4 Å². The second-order valence-electron chi connectivity index (χ2n) is 7.85. The van der Waals surface area contributed by atoms with E-state index in [0.717, 1.165) is 10.0 Å². The summed E-state index contributed by atoms with van der Waals surface area (Å²) in [5.74, 6) is 1.06. The molecule has 2 heterocycles. The number of piperidine rings is 1. The molecule has 1 aliphatic heterocycles. The van der Waals surface area contributed by atoms with Crippen LogP contribution in [0.25, 0.3) is 0 Å². The van der Waals surface area contributed by atoms with E-state index in [2.05, 4.69) is 26.2 Å². The number of likely N-dealkylation sites (tertiary alicyclic amines) is 1. The van der Waals surface area contributed by atoms with E-state index in [0.29, 0.717) is 43.2 Å². The van der Waals surface area contributed by atoms with Crippen molar-refractivity contribution < 1.29 is 14.3 Å². The molecule has 1 saturated heterocycles. The summed E-state index contributed by atoms with van der Waals surface area (Å²) in [5, 5.41) is 3.03. The first-order valence-electron chi connectivity index (χ1n) is 10.5. The number of carbonyl (C=O) groups excluding carboxylic acids is 2. The van der Waals surface area contributed by atoms with Gasteiger partial charge in [-0.2, -0.15) is 0 Å². The number of nitrogens with zero attached hydrogens (tertiary/aromatic N) is 2. The zero-order chi connectivity index (χ0) is 22.6. The van der Waals surface area contributed by atoms with Gasteiger partial charge in [0.15, 0.2) is 0 Å². The van der Waals surface area contributed by atoms with Gasteiger partial charge in [-0.05, 0) is 42.7 Å². The first kappa shape index (κ1) is 22.0. The van der Waals surface area contributed by atoms with E-state index >= 15 is 0 Å². The number of rotatable bonds is 5. The predicted molar refractivity (Wildman–Crippen MR) is 127 cm³/mol. The maximum Gasteiger partial charge on any atom is 0.235 e. The molecule has 1 aliphatic rings. The minimum absolute atomic E-state index is 0.0392. The number of ether oxygens (including phenoxy) is 1. The van der Waals surface area contributed by atoms with Crippen LogP contribution in [0.2, 0.25) is 0 Å². The average Bonchev–Trinajstić information content (AvgIpc) is 2.81. The van der Waals surface area contributed by atoms with Crippen LogP contribution in [0.5, 0.6) is 11.6 Å². The van der Waals surface area contributed by atoms with E-state index in [1.165, 1.54) is 0 Å². The van der Waals surface area contributed by atoms with Crippen LogP contribution in [0.15, 0.2) is 77.4 Å². The number of amides is 2. The summed E-state index contributed by atoms with van der Waals surface area (Å²) in [6.07, 6.45) is 2.73. The highest BCUT2D eigenvalue weighted by Gasteiger charge is 2.43. The molecule has 2 amide bonds. The summed E-state index contributed by atoms with van der Waals surface area (Å²) in [5.41, 5.74) is 0.864. The van der Waals surface area contributed by atoms with Crippen LogP contribution in [0.4, 0.5) is 5.69 Å². The summed E-state index contributed by atoms with van der Waals surface area (Å²) in [4.78, 5) is 31.4. The van der Waals surface area contributed by atoms with Crippen LogP contribution >= 0.6 is 15.9 Å². The van der Waals surface area contributed by atoms with Crippen molar-refractivity contribution in [3.8, 4) is 11.6 Å². The molecule has 3 aromatic rings. The fraction of sp³-hybridized carbons (Fsp3) is 0.240. The Morgan fingerprint density at radius 3 is 2.41 bits per heavy atom. The van der Waals surface area contributed by atoms with E-state index in [1.54, 1.807) is 30.2 Å². The Morgan fingerprint density at radius 1 is 1.03 bits per heavy atom. The van der Waals surface area contributed by atoms with Gasteiger partial charge in [0.2, 0.25) is 17.7 Å². The highest BCUT2D eigenvalue weighted by molar-refractivity contribution is 9.10. The van der Waals surface area contributed by atoms with Crippen molar-refractivity contribution in [3.05, 3.63) is 83.0 Å². The summed E-state index contributed by atoms with van der Waals surface area (Å²) >= 11 is 3.42. The zero-order valence-electron chi connectivity index (χ0n) is 17.8. The van der Waals surface area contributed by atoms with Gasteiger partial charge in [0, 0.05) is 30.6 Å². The third kappa shape index (κ3) is 4.83. The van der Waals surface area contributed by atoms with Gasteiger partial charge < -0.3 is 15.0 Å². The Kier molecular flexibility index (Phi) is 6.55. The van der Waals surface area contributed by atoms with E-state index in [9.17, 15) is 9.59 Å². The molecule has 1 N–H and O–H groups in total. The first-order chi connectivity index (χ1) is 15.5. The molecule has 0 bridgehead atoms.